The van der Waals surface area contributed by atoms with Gasteiger partial charge < -0.3 is 5.11 Å². The number of rotatable bonds is 0. The Labute approximate surface area is 112 Å². The first-order chi connectivity index (χ1) is 8.76. The normalized spacial score (nSPS) is 47.1. The maximum Gasteiger partial charge on any atom is 0.115 e. The second kappa shape index (κ2) is 2.92. The minimum Gasteiger partial charge on any atom is -0.508 e. The van der Waals surface area contributed by atoms with Gasteiger partial charge in [-0.2, -0.15) is 11.8 Å². The van der Waals surface area contributed by atoms with Gasteiger partial charge in [0.15, 0.2) is 0 Å². The van der Waals surface area contributed by atoms with Gasteiger partial charge in [0.2, 0.25) is 0 Å². The number of aromatic hydroxyl groups is 1. The van der Waals surface area contributed by atoms with E-state index in [1.165, 1.54) is 43.4 Å². The van der Waals surface area contributed by atoms with Gasteiger partial charge >= 0.3 is 0 Å². The Hall–Kier alpha value is -0.630. The first-order valence-electron chi connectivity index (χ1n) is 7.22. The number of hydrogen-bond acceptors (Lipinski definition) is 2. The summed E-state index contributed by atoms with van der Waals surface area (Å²) in [5.74, 6) is 2.70. The quantitative estimate of drug-likeness (QED) is 0.767. The average molecular weight is 258 g/mol. The minimum atomic E-state index is 0.445. The molecule has 1 unspecified atom stereocenters. The van der Waals surface area contributed by atoms with Gasteiger partial charge in [0.25, 0.3) is 0 Å². The van der Waals surface area contributed by atoms with E-state index in [1.807, 2.05) is 6.07 Å². The fourth-order valence-corrected chi connectivity index (χ4v) is 7.52. The van der Waals surface area contributed by atoms with Crippen molar-refractivity contribution in [2.75, 3.05) is 5.75 Å². The van der Waals surface area contributed by atoms with Gasteiger partial charge in [-0.15, -0.1) is 0 Å². The molecular weight excluding hydrogens is 240 g/mol. The van der Waals surface area contributed by atoms with Crippen molar-refractivity contribution in [3.8, 4) is 5.75 Å². The number of fused-ring (bicyclic) bond motifs is 2. The Kier molecular flexibility index (Phi) is 1.66. The van der Waals surface area contributed by atoms with E-state index < -0.39 is 0 Å². The van der Waals surface area contributed by atoms with E-state index in [0.29, 0.717) is 16.6 Å². The zero-order valence-electron chi connectivity index (χ0n) is 10.5. The van der Waals surface area contributed by atoms with Crippen LogP contribution in [0.25, 0.3) is 0 Å². The predicted octanol–water partition coefficient (Wildman–Crippen LogP) is 3.59. The smallest absolute Gasteiger partial charge is 0.115 e. The molecule has 2 spiro atoms. The highest BCUT2D eigenvalue weighted by atomic mass is 32.2. The molecule has 2 heteroatoms. The van der Waals surface area contributed by atoms with E-state index in [-0.39, 0.29) is 0 Å². The van der Waals surface area contributed by atoms with Crippen molar-refractivity contribution in [1.82, 2.24) is 0 Å². The summed E-state index contributed by atoms with van der Waals surface area (Å²) in [5.41, 5.74) is 4.08. The first kappa shape index (κ1) is 10.2. The van der Waals surface area contributed by atoms with E-state index in [4.69, 9.17) is 0 Å². The van der Waals surface area contributed by atoms with Gasteiger partial charge in [-0.1, -0.05) is 18.9 Å². The summed E-state index contributed by atoms with van der Waals surface area (Å²) >= 11 is 2.22. The third kappa shape index (κ3) is 0.871. The van der Waals surface area contributed by atoms with Crippen molar-refractivity contribution < 1.29 is 5.11 Å². The molecule has 1 heterocycles. The number of phenols is 1. The molecular formula is C16H18OS. The van der Waals surface area contributed by atoms with Gasteiger partial charge in [0.1, 0.15) is 5.75 Å². The van der Waals surface area contributed by atoms with Crippen molar-refractivity contribution in [3.63, 3.8) is 0 Å². The lowest BCUT2D eigenvalue weighted by molar-refractivity contribution is 0.223. The first-order valence-corrected chi connectivity index (χ1v) is 8.27. The molecule has 1 aromatic carbocycles. The van der Waals surface area contributed by atoms with Crippen molar-refractivity contribution in [2.45, 2.75) is 48.2 Å². The topological polar surface area (TPSA) is 20.2 Å². The second-order valence-corrected chi connectivity index (χ2v) is 7.93. The van der Waals surface area contributed by atoms with Gasteiger partial charge in [0.05, 0.1) is 0 Å². The van der Waals surface area contributed by atoms with Crippen molar-refractivity contribution in [3.05, 3.63) is 29.3 Å². The Morgan fingerprint density at radius 3 is 2.94 bits per heavy atom. The van der Waals surface area contributed by atoms with Gasteiger partial charge in [-0.3, -0.25) is 0 Å². The molecule has 18 heavy (non-hydrogen) atoms. The summed E-state index contributed by atoms with van der Waals surface area (Å²) < 4.78 is 0. The zero-order chi connectivity index (χ0) is 12.0. The van der Waals surface area contributed by atoms with E-state index >= 15 is 0 Å². The SMILES string of the molecule is Oc1ccc2c(c1)[C@@]13CCCC[C@H]1[C@@H]1SCC21C3. The molecule has 94 valence electrons. The molecule has 4 aliphatic rings. The molecule has 5 rings (SSSR count). The zero-order valence-corrected chi connectivity index (χ0v) is 11.3. The fraction of sp³-hybridized carbons (Fsp3) is 0.625. The van der Waals surface area contributed by atoms with Crippen molar-refractivity contribution >= 4 is 11.8 Å². The van der Waals surface area contributed by atoms with Crippen LogP contribution in [0.1, 0.15) is 43.2 Å². The molecule has 3 fully saturated rings. The molecule has 3 aliphatic carbocycles. The molecule has 1 aromatic rings. The standard InChI is InChI=1S/C16H18OS/c17-10-4-5-11-13(7-10)15-6-2-1-3-12(15)14-16(11,8-15)9-18-14/h4-5,7,12,14,17H,1-3,6,8-9H2/t12-,14-,15+,16?/m0/s1. The highest BCUT2D eigenvalue weighted by molar-refractivity contribution is 8.01. The molecule has 4 atom stereocenters. The summed E-state index contributed by atoms with van der Waals surface area (Å²) in [5, 5.41) is 10.8. The molecule has 2 bridgehead atoms. The molecule has 1 nitrogen and oxygen atoms in total. The van der Waals surface area contributed by atoms with Crippen LogP contribution in [-0.2, 0) is 10.8 Å². The predicted molar refractivity (Wildman–Crippen MR) is 74.3 cm³/mol. The van der Waals surface area contributed by atoms with Crippen molar-refractivity contribution in [2.24, 2.45) is 5.92 Å². The van der Waals surface area contributed by atoms with Gasteiger partial charge in [-0.05, 0) is 48.4 Å². The van der Waals surface area contributed by atoms with Crippen LogP contribution in [0.5, 0.6) is 5.75 Å². The molecule has 1 N–H and O–H groups in total. The van der Waals surface area contributed by atoms with E-state index in [0.717, 1.165) is 11.2 Å². The fourth-order valence-electron chi connectivity index (χ4n) is 5.66. The number of hydrogen-bond donors (Lipinski definition) is 1. The van der Waals surface area contributed by atoms with Crippen LogP contribution >= 0.6 is 11.8 Å². The summed E-state index contributed by atoms with van der Waals surface area (Å²) in [6.45, 7) is 0. The van der Waals surface area contributed by atoms with Crippen LogP contribution < -0.4 is 0 Å². The lowest BCUT2D eigenvalue weighted by Gasteiger charge is -2.51. The summed E-state index contributed by atoms with van der Waals surface area (Å²) in [6, 6.07) is 6.24. The van der Waals surface area contributed by atoms with Gasteiger partial charge in [0, 0.05) is 21.8 Å². The van der Waals surface area contributed by atoms with Crippen LogP contribution in [0.2, 0.25) is 0 Å². The number of thioether (sulfide) groups is 1. The van der Waals surface area contributed by atoms with Crippen LogP contribution in [0.3, 0.4) is 0 Å². The summed E-state index contributed by atoms with van der Waals surface area (Å²) in [4.78, 5) is 0. The molecule has 1 saturated heterocycles. The highest BCUT2D eigenvalue weighted by Gasteiger charge is 2.71. The van der Waals surface area contributed by atoms with Crippen LogP contribution in [0.4, 0.5) is 0 Å². The molecule has 0 radical (unpaired) electrons. The van der Waals surface area contributed by atoms with E-state index in [1.54, 1.807) is 5.56 Å². The lowest BCUT2D eigenvalue weighted by atomic mass is 9.63. The number of phenolic OH excluding ortho intramolecular Hbond substituents is 1. The Balaban J connectivity index is 1.80. The monoisotopic (exact) mass is 258 g/mol. The third-order valence-corrected chi connectivity index (χ3v) is 8.06. The van der Waals surface area contributed by atoms with Crippen molar-refractivity contribution in [1.29, 1.82) is 0 Å². The molecule has 1 aliphatic heterocycles. The largest absolute Gasteiger partial charge is 0.508 e. The average Bonchev–Trinajstić information content (AvgIpc) is 2.74. The molecule has 0 aromatic heterocycles. The Morgan fingerprint density at radius 1 is 1.17 bits per heavy atom. The van der Waals surface area contributed by atoms with Crippen LogP contribution in [0, 0.1) is 5.92 Å². The van der Waals surface area contributed by atoms with E-state index in [2.05, 4.69) is 23.9 Å². The van der Waals surface area contributed by atoms with Crippen LogP contribution in [0.15, 0.2) is 18.2 Å². The van der Waals surface area contributed by atoms with Gasteiger partial charge in [-0.25, -0.2) is 0 Å². The maximum absolute atomic E-state index is 9.87. The van der Waals surface area contributed by atoms with Crippen LogP contribution in [-0.4, -0.2) is 16.1 Å². The van der Waals surface area contributed by atoms with E-state index in [9.17, 15) is 5.11 Å². The Morgan fingerprint density at radius 2 is 2.11 bits per heavy atom. The summed E-state index contributed by atoms with van der Waals surface area (Å²) in [6.07, 6.45) is 7.00. The second-order valence-electron chi connectivity index (χ2n) is 6.80. The third-order valence-electron chi connectivity index (χ3n) is 6.24. The Bertz CT molecular complexity index is 554. The lowest BCUT2D eigenvalue weighted by Crippen LogP contribution is -2.50. The number of benzene rings is 1. The molecule has 0 amide bonds. The molecule has 2 saturated carbocycles. The summed E-state index contributed by atoms with van der Waals surface area (Å²) in [7, 11) is 0. The highest BCUT2D eigenvalue weighted by Crippen LogP contribution is 2.75. The maximum atomic E-state index is 9.87. The minimum absolute atomic E-state index is 0.445.